The van der Waals surface area contributed by atoms with Crippen LogP contribution in [0.15, 0.2) is 42.9 Å². The number of hydrogen-bond acceptors (Lipinski definition) is 5. The third-order valence-corrected chi connectivity index (χ3v) is 2.99. The number of imidazole rings is 1. The van der Waals surface area contributed by atoms with Crippen molar-refractivity contribution in [1.29, 1.82) is 0 Å². The molecule has 6 nitrogen and oxygen atoms in total. The summed E-state index contributed by atoms with van der Waals surface area (Å²) in [5, 5.41) is 3.25. The fourth-order valence-electron chi connectivity index (χ4n) is 2.04. The first-order valence-corrected chi connectivity index (χ1v) is 6.22. The topological polar surface area (TPSA) is 77.5 Å². The molecule has 3 aromatic rings. The highest BCUT2D eigenvalue weighted by Gasteiger charge is 2.06. The fraction of sp³-hybridized carbons (Fsp3) is 0.143. The molecule has 6 heteroatoms. The van der Waals surface area contributed by atoms with Crippen LogP contribution in [0.25, 0.3) is 5.65 Å². The summed E-state index contributed by atoms with van der Waals surface area (Å²) in [6.07, 6.45) is 5.29. The van der Waals surface area contributed by atoms with E-state index in [0.717, 1.165) is 17.0 Å². The van der Waals surface area contributed by atoms with Gasteiger partial charge in [-0.3, -0.25) is 0 Å². The van der Waals surface area contributed by atoms with Crippen LogP contribution in [0, 0.1) is 0 Å². The van der Waals surface area contributed by atoms with Crippen LogP contribution in [0.4, 0.5) is 11.6 Å². The summed E-state index contributed by atoms with van der Waals surface area (Å²) in [6, 6.07) is 7.86. The number of nitrogens with zero attached hydrogens (tertiary/aromatic N) is 3. The number of nitrogen functional groups attached to an aromatic ring is 1. The molecule has 3 rings (SSSR count). The molecule has 102 valence electrons. The normalized spacial score (nSPS) is 10.7. The van der Waals surface area contributed by atoms with E-state index in [1.807, 2.05) is 34.9 Å². The molecule has 0 aliphatic carbocycles. The lowest BCUT2D eigenvalue weighted by molar-refractivity contribution is 0.414. The number of ether oxygens (including phenoxy) is 1. The van der Waals surface area contributed by atoms with Crippen LogP contribution in [0.3, 0.4) is 0 Å². The van der Waals surface area contributed by atoms with Gasteiger partial charge in [0.2, 0.25) is 0 Å². The molecule has 0 bridgehead atoms. The van der Waals surface area contributed by atoms with Crippen molar-refractivity contribution in [3.63, 3.8) is 0 Å². The largest absolute Gasteiger partial charge is 0.497 e. The molecule has 0 saturated carbocycles. The molecule has 0 atom stereocenters. The minimum absolute atomic E-state index is 0.448. The molecule has 0 aliphatic heterocycles. The zero-order chi connectivity index (χ0) is 13.9. The monoisotopic (exact) mass is 269 g/mol. The minimum atomic E-state index is 0.448. The average molecular weight is 269 g/mol. The number of rotatable bonds is 4. The highest BCUT2D eigenvalue weighted by atomic mass is 16.5. The maximum atomic E-state index is 5.78. The highest BCUT2D eigenvalue weighted by Crippen LogP contribution is 2.17. The molecule has 2 heterocycles. The van der Waals surface area contributed by atoms with Gasteiger partial charge in [0.15, 0.2) is 11.5 Å². The van der Waals surface area contributed by atoms with Crippen molar-refractivity contribution in [1.82, 2.24) is 14.4 Å². The first-order chi connectivity index (χ1) is 9.76. The molecule has 0 fully saturated rings. The van der Waals surface area contributed by atoms with Crippen molar-refractivity contribution in [2.45, 2.75) is 6.54 Å². The Kier molecular flexibility index (Phi) is 3.12. The summed E-state index contributed by atoms with van der Waals surface area (Å²) in [6.45, 7) is 0.621. The van der Waals surface area contributed by atoms with E-state index in [1.54, 1.807) is 19.5 Å². The Hall–Kier alpha value is -2.76. The molecule has 0 unspecified atom stereocenters. The SMILES string of the molecule is COc1cccc(CNc2nc(N)cn3ccnc23)c1. The number of methoxy groups -OCH3 is 1. The van der Waals surface area contributed by atoms with Crippen LogP contribution >= 0.6 is 0 Å². The zero-order valence-electron chi connectivity index (χ0n) is 11.1. The van der Waals surface area contributed by atoms with Crippen molar-refractivity contribution in [2.75, 3.05) is 18.2 Å². The summed E-state index contributed by atoms with van der Waals surface area (Å²) in [4.78, 5) is 8.55. The van der Waals surface area contributed by atoms with E-state index in [2.05, 4.69) is 15.3 Å². The first kappa shape index (κ1) is 12.3. The Morgan fingerprint density at radius 3 is 3.15 bits per heavy atom. The van der Waals surface area contributed by atoms with Crippen molar-refractivity contribution in [3.8, 4) is 5.75 Å². The Morgan fingerprint density at radius 1 is 1.40 bits per heavy atom. The van der Waals surface area contributed by atoms with Crippen LogP contribution in [0.1, 0.15) is 5.56 Å². The van der Waals surface area contributed by atoms with Gasteiger partial charge in [-0.15, -0.1) is 0 Å². The minimum Gasteiger partial charge on any atom is -0.497 e. The summed E-state index contributed by atoms with van der Waals surface area (Å²) >= 11 is 0. The summed E-state index contributed by atoms with van der Waals surface area (Å²) in [7, 11) is 1.65. The second-order valence-electron chi connectivity index (χ2n) is 4.38. The van der Waals surface area contributed by atoms with E-state index in [4.69, 9.17) is 10.5 Å². The predicted octanol–water partition coefficient (Wildman–Crippen LogP) is 1.93. The molecule has 1 aromatic carbocycles. The molecule has 3 N–H and O–H groups in total. The molecule has 0 spiro atoms. The maximum Gasteiger partial charge on any atom is 0.180 e. The summed E-state index contributed by atoms with van der Waals surface area (Å²) < 4.78 is 7.05. The van der Waals surface area contributed by atoms with Gasteiger partial charge in [-0.1, -0.05) is 12.1 Å². The van der Waals surface area contributed by atoms with Crippen molar-refractivity contribution < 1.29 is 4.74 Å². The molecule has 0 amide bonds. The average Bonchev–Trinajstić information content (AvgIpc) is 2.93. The Bertz CT molecular complexity index is 737. The lowest BCUT2D eigenvalue weighted by Crippen LogP contribution is -2.06. The third-order valence-electron chi connectivity index (χ3n) is 2.99. The van der Waals surface area contributed by atoms with E-state index in [-0.39, 0.29) is 0 Å². The quantitative estimate of drug-likeness (QED) is 0.756. The van der Waals surface area contributed by atoms with Crippen LogP contribution in [0.2, 0.25) is 0 Å². The van der Waals surface area contributed by atoms with Crippen LogP contribution < -0.4 is 15.8 Å². The van der Waals surface area contributed by atoms with E-state index in [9.17, 15) is 0 Å². The second-order valence-corrected chi connectivity index (χ2v) is 4.38. The molecule has 0 saturated heterocycles. The van der Waals surface area contributed by atoms with Crippen molar-refractivity contribution >= 4 is 17.3 Å². The third kappa shape index (κ3) is 2.35. The summed E-state index contributed by atoms with van der Waals surface area (Å²) in [5.41, 5.74) is 7.63. The number of aromatic nitrogens is 3. The second kappa shape index (κ2) is 5.08. The van der Waals surface area contributed by atoms with Crippen LogP contribution in [-0.4, -0.2) is 21.5 Å². The standard InChI is InChI=1S/C14H15N5O/c1-20-11-4-2-3-10(7-11)8-17-13-14-16-5-6-19(14)9-12(15)18-13/h2-7,9H,8,15H2,1H3,(H,17,18). The van der Waals surface area contributed by atoms with Gasteiger partial charge in [0, 0.05) is 18.9 Å². The Balaban J connectivity index is 1.84. The maximum absolute atomic E-state index is 5.78. The lowest BCUT2D eigenvalue weighted by atomic mass is 10.2. The molecular formula is C14H15N5O. The first-order valence-electron chi connectivity index (χ1n) is 6.22. The van der Waals surface area contributed by atoms with E-state index in [1.165, 1.54) is 0 Å². The van der Waals surface area contributed by atoms with Crippen molar-refractivity contribution in [3.05, 3.63) is 48.4 Å². The Labute approximate surface area is 116 Å². The smallest absolute Gasteiger partial charge is 0.180 e. The lowest BCUT2D eigenvalue weighted by Gasteiger charge is -2.09. The molecular weight excluding hydrogens is 254 g/mol. The Morgan fingerprint density at radius 2 is 2.30 bits per heavy atom. The van der Waals surface area contributed by atoms with E-state index < -0.39 is 0 Å². The molecule has 20 heavy (non-hydrogen) atoms. The molecule has 2 aromatic heterocycles. The van der Waals surface area contributed by atoms with E-state index in [0.29, 0.717) is 18.2 Å². The van der Waals surface area contributed by atoms with Crippen LogP contribution in [0.5, 0.6) is 5.75 Å². The van der Waals surface area contributed by atoms with Gasteiger partial charge in [0.25, 0.3) is 0 Å². The molecule has 0 radical (unpaired) electrons. The van der Waals surface area contributed by atoms with Gasteiger partial charge in [-0.05, 0) is 17.7 Å². The number of fused-ring (bicyclic) bond motifs is 1. The van der Waals surface area contributed by atoms with Crippen LogP contribution in [-0.2, 0) is 6.54 Å². The van der Waals surface area contributed by atoms with Gasteiger partial charge in [-0.25, -0.2) is 9.97 Å². The number of benzene rings is 1. The number of anilines is 2. The zero-order valence-corrected chi connectivity index (χ0v) is 11.1. The molecule has 0 aliphatic rings. The van der Waals surface area contributed by atoms with Gasteiger partial charge < -0.3 is 20.2 Å². The van der Waals surface area contributed by atoms with Gasteiger partial charge >= 0.3 is 0 Å². The number of hydrogen-bond donors (Lipinski definition) is 2. The number of nitrogens with two attached hydrogens (primary N) is 1. The van der Waals surface area contributed by atoms with Gasteiger partial charge in [0.05, 0.1) is 13.3 Å². The van der Waals surface area contributed by atoms with E-state index >= 15 is 0 Å². The number of nitrogens with one attached hydrogen (secondary N) is 1. The predicted molar refractivity (Wildman–Crippen MR) is 77.7 cm³/mol. The highest BCUT2D eigenvalue weighted by molar-refractivity contribution is 5.64. The van der Waals surface area contributed by atoms with Gasteiger partial charge in [-0.2, -0.15) is 0 Å². The van der Waals surface area contributed by atoms with Crippen molar-refractivity contribution in [2.24, 2.45) is 0 Å². The fourth-order valence-corrected chi connectivity index (χ4v) is 2.04. The van der Waals surface area contributed by atoms with Gasteiger partial charge in [0.1, 0.15) is 11.6 Å². The summed E-state index contributed by atoms with van der Waals surface area (Å²) in [5.74, 6) is 1.94.